The lowest BCUT2D eigenvalue weighted by Gasteiger charge is -2.07. The second-order valence-electron chi connectivity index (χ2n) is 12.3. The molecule has 1 atom stereocenters. The first-order chi connectivity index (χ1) is 17.8. The molecule has 0 aromatic rings. The predicted octanol–water partition coefficient (Wildman–Crippen LogP) is 12.7. The second kappa shape index (κ2) is 33.0. The summed E-state index contributed by atoms with van der Waals surface area (Å²) in [4.78, 5) is 0. The molecule has 0 heterocycles. The van der Waals surface area contributed by atoms with Gasteiger partial charge < -0.3 is 5.11 Å². The van der Waals surface area contributed by atoms with Crippen molar-refractivity contribution < 1.29 is 5.11 Å². The van der Waals surface area contributed by atoms with Gasteiger partial charge in [0.15, 0.2) is 0 Å². The highest BCUT2D eigenvalue weighted by Gasteiger charge is 1.99. The van der Waals surface area contributed by atoms with Crippen LogP contribution in [-0.4, -0.2) is 11.7 Å². The number of rotatable bonds is 32. The first kappa shape index (κ1) is 36.0. The fraction of sp³-hybridized carbons (Fsp3) is 1.00. The lowest BCUT2D eigenvalue weighted by atomic mass is 9.99. The standard InChI is InChI=1S/C35H72O/c1-3-35(2)33-31-29-27-25-23-21-19-17-15-13-11-9-7-5-4-6-8-10-12-14-16-18-20-22-24-26-28-30-32-34-36/h35-36H,3-34H2,1-2H3. The lowest BCUT2D eigenvalue weighted by molar-refractivity contribution is 0.282. The van der Waals surface area contributed by atoms with E-state index in [0.717, 1.165) is 12.3 Å². The lowest BCUT2D eigenvalue weighted by Crippen LogP contribution is -1.91. The van der Waals surface area contributed by atoms with Crippen molar-refractivity contribution in [1.82, 2.24) is 0 Å². The third kappa shape index (κ3) is 32.0. The van der Waals surface area contributed by atoms with E-state index in [1.165, 1.54) is 193 Å². The molecule has 0 aliphatic rings. The zero-order valence-electron chi connectivity index (χ0n) is 25.7. The molecule has 0 aromatic heterocycles. The molecule has 1 N–H and O–H groups in total. The van der Waals surface area contributed by atoms with Crippen molar-refractivity contribution in [2.45, 2.75) is 213 Å². The zero-order chi connectivity index (χ0) is 26.2. The second-order valence-corrected chi connectivity index (χ2v) is 12.3. The topological polar surface area (TPSA) is 20.2 Å². The Kier molecular flexibility index (Phi) is 33.0. The molecular weight excluding hydrogens is 436 g/mol. The van der Waals surface area contributed by atoms with Gasteiger partial charge in [0.2, 0.25) is 0 Å². The van der Waals surface area contributed by atoms with E-state index in [1.807, 2.05) is 0 Å². The maximum absolute atomic E-state index is 8.78. The van der Waals surface area contributed by atoms with Crippen LogP contribution in [0.5, 0.6) is 0 Å². The van der Waals surface area contributed by atoms with Crippen LogP contribution in [0, 0.1) is 5.92 Å². The van der Waals surface area contributed by atoms with Gasteiger partial charge in [-0.05, 0) is 12.3 Å². The Labute approximate surface area is 230 Å². The number of hydrogen-bond donors (Lipinski definition) is 1. The molecule has 36 heavy (non-hydrogen) atoms. The molecule has 218 valence electrons. The smallest absolute Gasteiger partial charge is 0.0431 e. The van der Waals surface area contributed by atoms with Crippen molar-refractivity contribution in [3.63, 3.8) is 0 Å². The molecule has 0 rings (SSSR count). The quantitative estimate of drug-likeness (QED) is 0.0895. The molecule has 1 unspecified atom stereocenters. The van der Waals surface area contributed by atoms with Gasteiger partial charge in [0.1, 0.15) is 0 Å². The Hall–Kier alpha value is -0.0400. The summed E-state index contributed by atoms with van der Waals surface area (Å²) in [6, 6.07) is 0. The molecular formula is C35H72O. The molecule has 0 aliphatic carbocycles. The third-order valence-electron chi connectivity index (χ3n) is 8.55. The maximum Gasteiger partial charge on any atom is 0.0431 e. The average molecular weight is 509 g/mol. The van der Waals surface area contributed by atoms with Gasteiger partial charge >= 0.3 is 0 Å². The summed E-state index contributed by atoms with van der Waals surface area (Å²) < 4.78 is 0. The van der Waals surface area contributed by atoms with Gasteiger partial charge in [0.25, 0.3) is 0 Å². The molecule has 0 bridgehead atoms. The highest BCUT2D eigenvalue weighted by Crippen LogP contribution is 2.17. The van der Waals surface area contributed by atoms with Crippen molar-refractivity contribution in [2.24, 2.45) is 5.92 Å². The highest BCUT2D eigenvalue weighted by atomic mass is 16.2. The Morgan fingerprint density at radius 2 is 0.528 bits per heavy atom. The van der Waals surface area contributed by atoms with Crippen molar-refractivity contribution in [1.29, 1.82) is 0 Å². The van der Waals surface area contributed by atoms with E-state index in [9.17, 15) is 0 Å². The third-order valence-corrected chi connectivity index (χ3v) is 8.55. The Bertz CT molecular complexity index is 366. The Balaban J connectivity index is 3.02. The van der Waals surface area contributed by atoms with Gasteiger partial charge in [-0.2, -0.15) is 0 Å². The maximum atomic E-state index is 8.78. The van der Waals surface area contributed by atoms with Crippen LogP contribution in [0.15, 0.2) is 0 Å². The number of aliphatic hydroxyl groups excluding tert-OH is 1. The largest absolute Gasteiger partial charge is 0.396 e. The number of aliphatic hydroxyl groups is 1. The fourth-order valence-electron chi connectivity index (χ4n) is 5.58. The summed E-state index contributed by atoms with van der Waals surface area (Å²) in [5.41, 5.74) is 0. The van der Waals surface area contributed by atoms with Gasteiger partial charge in [-0.15, -0.1) is 0 Å². The number of hydrogen-bond acceptors (Lipinski definition) is 1. The normalized spacial score (nSPS) is 12.4. The van der Waals surface area contributed by atoms with Crippen LogP contribution >= 0.6 is 0 Å². The van der Waals surface area contributed by atoms with E-state index in [-0.39, 0.29) is 0 Å². The van der Waals surface area contributed by atoms with Crippen LogP contribution < -0.4 is 0 Å². The van der Waals surface area contributed by atoms with E-state index in [4.69, 9.17) is 5.11 Å². The van der Waals surface area contributed by atoms with Crippen molar-refractivity contribution in [3.8, 4) is 0 Å². The summed E-state index contributed by atoms with van der Waals surface area (Å²) >= 11 is 0. The molecule has 0 amide bonds. The molecule has 0 saturated heterocycles. The summed E-state index contributed by atoms with van der Waals surface area (Å²) in [6.07, 6.45) is 44.5. The first-order valence-corrected chi connectivity index (χ1v) is 17.4. The molecule has 1 nitrogen and oxygen atoms in total. The molecule has 0 saturated carbocycles. The Morgan fingerprint density at radius 1 is 0.333 bits per heavy atom. The van der Waals surface area contributed by atoms with Gasteiger partial charge in [0, 0.05) is 6.61 Å². The van der Waals surface area contributed by atoms with Crippen LogP contribution in [-0.2, 0) is 0 Å². The minimum absolute atomic E-state index is 0.374. The van der Waals surface area contributed by atoms with E-state index in [2.05, 4.69) is 13.8 Å². The van der Waals surface area contributed by atoms with Crippen molar-refractivity contribution >= 4 is 0 Å². The average Bonchev–Trinajstić information content (AvgIpc) is 2.89. The van der Waals surface area contributed by atoms with Gasteiger partial charge in [0.05, 0.1) is 0 Å². The van der Waals surface area contributed by atoms with Crippen LogP contribution in [0.25, 0.3) is 0 Å². The van der Waals surface area contributed by atoms with Crippen LogP contribution in [0.4, 0.5) is 0 Å². The van der Waals surface area contributed by atoms with E-state index < -0.39 is 0 Å². The molecule has 0 aromatic carbocycles. The Morgan fingerprint density at radius 3 is 0.722 bits per heavy atom. The van der Waals surface area contributed by atoms with Gasteiger partial charge in [-0.25, -0.2) is 0 Å². The fourth-order valence-corrected chi connectivity index (χ4v) is 5.58. The molecule has 0 spiro atoms. The van der Waals surface area contributed by atoms with Crippen LogP contribution in [0.3, 0.4) is 0 Å². The van der Waals surface area contributed by atoms with Crippen molar-refractivity contribution in [3.05, 3.63) is 0 Å². The molecule has 1 heteroatoms. The van der Waals surface area contributed by atoms with E-state index in [0.29, 0.717) is 6.61 Å². The van der Waals surface area contributed by atoms with Crippen LogP contribution in [0.2, 0.25) is 0 Å². The highest BCUT2D eigenvalue weighted by molar-refractivity contribution is 4.54. The monoisotopic (exact) mass is 509 g/mol. The van der Waals surface area contributed by atoms with Crippen LogP contribution in [0.1, 0.15) is 213 Å². The molecule has 0 radical (unpaired) electrons. The molecule has 0 aliphatic heterocycles. The minimum atomic E-state index is 0.374. The summed E-state index contributed by atoms with van der Waals surface area (Å²) in [6.45, 7) is 5.10. The summed E-state index contributed by atoms with van der Waals surface area (Å²) in [5.74, 6) is 0.944. The predicted molar refractivity (Wildman–Crippen MR) is 165 cm³/mol. The first-order valence-electron chi connectivity index (χ1n) is 17.4. The van der Waals surface area contributed by atoms with E-state index in [1.54, 1.807) is 0 Å². The summed E-state index contributed by atoms with van der Waals surface area (Å²) in [7, 11) is 0. The zero-order valence-corrected chi connectivity index (χ0v) is 25.7. The van der Waals surface area contributed by atoms with Gasteiger partial charge in [-0.1, -0.05) is 206 Å². The van der Waals surface area contributed by atoms with Crippen molar-refractivity contribution in [2.75, 3.05) is 6.61 Å². The molecule has 0 fully saturated rings. The minimum Gasteiger partial charge on any atom is -0.396 e. The summed E-state index contributed by atoms with van der Waals surface area (Å²) in [5, 5.41) is 8.78. The van der Waals surface area contributed by atoms with Gasteiger partial charge in [-0.3, -0.25) is 0 Å². The van der Waals surface area contributed by atoms with E-state index >= 15 is 0 Å². The SMILES string of the molecule is CCC(C)CCCCCCCCCCCCCCCCCCCCCCCCCCCCCCCO. The number of unbranched alkanes of at least 4 members (excludes halogenated alkanes) is 28.